The minimum atomic E-state index is -0.979. The van der Waals surface area contributed by atoms with Crippen molar-refractivity contribution in [1.29, 1.82) is 0 Å². The first-order valence-corrected chi connectivity index (χ1v) is 6.77. The van der Waals surface area contributed by atoms with Gasteiger partial charge in [-0.2, -0.15) is 0 Å². The fraction of sp³-hybridized carbons (Fsp3) is 0.857. The number of carbonyl (C=O) groups is 2. The molecule has 0 aliphatic heterocycles. The molecule has 1 amide bonds. The van der Waals surface area contributed by atoms with Crippen molar-refractivity contribution in [1.82, 2.24) is 5.32 Å². The zero-order chi connectivity index (χ0) is 13.9. The van der Waals surface area contributed by atoms with Gasteiger partial charge in [0.05, 0.1) is 5.41 Å². The lowest BCUT2D eigenvalue weighted by molar-refractivity contribution is -0.153. The average Bonchev–Trinajstić information content (AvgIpc) is 3.08. The Labute approximate surface area is 109 Å². The van der Waals surface area contributed by atoms with Gasteiger partial charge in [0.15, 0.2) is 0 Å². The maximum atomic E-state index is 11.8. The van der Waals surface area contributed by atoms with Crippen LogP contribution in [0.2, 0.25) is 0 Å². The number of carboxylic acids is 1. The Bertz CT molecular complexity index is 323. The molecule has 4 nitrogen and oxygen atoms in total. The molecule has 1 aliphatic carbocycles. The van der Waals surface area contributed by atoms with Crippen LogP contribution >= 0.6 is 0 Å². The molecular formula is C14H25NO3. The Hall–Kier alpha value is -1.06. The lowest BCUT2D eigenvalue weighted by Crippen LogP contribution is -2.40. The summed E-state index contributed by atoms with van der Waals surface area (Å²) in [6, 6.07) is 0. The molecule has 2 atom stereocenters. The minimum Gasteiger partial charge on any atom is -0.481 e. The van der Waals surface area contributed by atoms with Gasteiger partial charge in [0.1, 0.15) is 0 Å². The summed E-state index contributed by atoms with van der Waals surface area (Å²) in [5.41, 5.74) is -0.979. The standard InChI is InChI=1S/C14H25NO3/c1-9(2)14(4,13(17)18)7-12(16)15-8-10(3)11-5-6-11/h9-11H,5-8H2,1-4H3,(H,15,16)(H,17,18). The van der Waals surface area contributed by atoms with Crippen LogP contribution in [-0.4, -0.2) is 23.5 Å². The highest BCUT2D eigenvalue weighted by molar-refractivity contribution is 5.84. The van der Waals surface area contributed by atoms with Crippen molar-refractivity contribution in [3.63, 3.8) is 0 Å². The largest absolute Gasteiger partial charge is 0.481 e. The summed E-state index contributed by atoms with van der Waals surface area (Å²) in [5, 5.41) is 12.1. The van der Waals surface area contributed by atoms with Gasteiger partial charge < -0.3 is 10.4 Å². The van der Waals surface area contributed by atoms with E-state index in [0.717, 1.165) is 5.92 Å². The first kappa shape index (κ1) is 15.0. The topological polar surface area (TPSA) is 66.4 Å². The van der Waals surface area contributed by atoms with Crippen LogP contribution < -0.4 is 5.32 Å². The van der Waals surface area contributed by atoms with Crippen molar-refractivity contribution in [2.75, 3.05) is 6.54 Å². The summed E-state index contributed by atoms with van der Waals surface area (Å²) in [4.78, 5) is 23.1. The van der Waals surface area contributed by atoms with Gasteiger partial charge in [0.2, 0.25) is 5.91 Å². The Morgan fingerprint density at radius 2 is 1.89 bits per heavy atom. The van der Waals surface area contributed by atoms with E-state index in [9.17, 15) is 14.7 Å². The second kappa shape index (κ2) is 5.72. The Balaban J connectivity index is 2.43. The highest BCUT2D eigenvalue weighted by Gasteiger charge is 2.39. The molecule has 0 radical (unpaired) electrons. The monoisotopic (exact) mass is 255 g/mol. The zero-order valence-corrected chi connectivity index (χ0v) is 11.8. The number of carbonyl (C=O) groups excluding carboxylic acids is 1. The quantitative estimate of drug-likeness (QED) is 0.733. The molecule has 4 heteroatoms. The second-order valence-electron chi connectivity index (χ2n) is 6.17. The van der Waals surface area contributed by atoms with Gasteiger partial charge in [0.25, 0.3) is 0 Å². The number of amides is 1. The van der Waals surface area contributed by atoms with Crippen LogP contribution in [0.25, 0.3) is 0 Å². The van der Waals surface area contributed by atoms with Gasteiger partial charge in [0, 0.05) is 13.0 Å². The zero-order valence-electron chi connectivity index (χ0n) is 11.8. The Morgan fingerprint density at radius 1 is 1.33 bits per heavy atom. The van der Waals surface area contributed by atoms with Crippen molar-refractivity contribution in [3.05, 3.63) is 0 Å². The van der Waals surface area contributed by atoms with Gasteiger partial charge in [-0.1, -0.05) is 20.8 Å². The lowest BCUT2D eigenvalue weighted by atomic mass is 9.76. The van der Waals surface area contributed by atoms with Gasteiger partial charge in [-0.3, -0.25) is 9.59 Å². The van der Waals surface area contributed by atoms with Crippen LogP contribution in [0.1, 0.15) is 47.0 Å². The summed E-state index contributed by atoms with van der Waals surface area (Å²) in [6.45, 7) is 8.13. The molecule has 0 aromatic heterocycles. The fourth-order valence-corrected chi connectivity index (χ4v) is 2.03. The highest BCUT2D eigenvalue weighted by Crippen LogP contribution is 2.36. The molecule has 0 saturated heterocycles. The predicted octanol–water partition coefficient (Wildman–Crippen LogP) is 2.29. The van der Waals surface area contributed by atoms with Crippen LogP contribution in [0.4, 0.5) is 0 Å². The van der Waals surface area contributed by atoms with E-state index in [1.54, 1.807) is 6.92 Å². The summed E-state index contributed by atoms with van der Waals surface area (Å²) < 4.78 is 0. The van der Waals surface area contributed by atoms with Crippen molar-refractivity contribution in [2.24, 2.45) is 23.2 Å². The third-order valence-electron chi connectivity index (χ3n) is 4.34. The van der Waals surface area contributed by atoms with E-state index in [1.165, 1.54) is 12.8 Å². The van der Waals surface area contributed by atoms with E-state index in [1.807, 2.05) is 13.8 Å². The number of carboxylic acid groups (broad SMARTS) is 1. The van der Waals surface area contributed by atoms with Gasteiger partial charge >= 0.3 is 5.97 Å². The first-order valence-electron chi connectivity index (χ1n) is 6.77. The maximum Gasteiger partial charge on any atom is 0.310 e. The van der Waals surface area contributed by atoms with E-state index >= 15 is 0 Å². The van der Waals surface area contributed by atoms with Crippen LogP contribution in [0.5, 0.6) is 0 Å². The molecule has 1 fully saturated rings. The summed E-state index contributed by atoms with van der Waals surface area (Å²) >= 11 is 0. The van der Waals surface area contributed by atoms with E-state index in [2.05, 4.69) is 12.2 Å². The normalized spacial score (nSPS) is 20.3. The average molecular weight is 255 g/mol. The van der Waals surface area contributed by atoms with Gasteiger partial charge in [-0.05, 0) is 37.5 Å². The van der Waals surface area contributed by atoms with Crippen LogP contribution in [0.3, 0.4) is 0 Å². The van der Waals surface area contributed by atoms with Gasteiger partial charge in [-0.25, -0.2) is 0 Å². The number of nitrogens with one attached hydrogen (secondary N) is 1. The first-order chi connectivity index (χ1) is 8.27. The number of hydrogen-bond acceptors (Lipinski definition) is 2. The van der Waals surface area contributed by atoms with Gasteiger partial charge in [-0.15, -0.1) is 0 Å². The summed E-state index contributed by atoms with van der Waals surface area (Å²) in [7, 11) is 0. The van der Waals surface area contributed by atoms with Crippen molar-refractivity contribution < 1.29 is 14.7 Å². The molecule has 2 unspecified atom stereocenters. The van der Waals surface area contributed by atoms with Crippen LogP contribution in [-0.2, 0) is 9.59 Å². The van der Waals surface area contributed by atoms with Crippen LogP contribution in [0.15, 0.2) is 0 Å². The van der Waals surface area contributed by atoms with Crippen molar-refractivity contribution in [3.8, 4) is 0 Å². The Morgan fingerprint density at radius 3 is 2.28 bits per heavy atom. The molecule has 0 spiro atoms. The molecule has 0 aromatic rings. The fourth-order valence-electron chi connectivity index (χ4n) is 2.03. The molecule has 1 saturated carbocycles. The van der Waals surface area contributed by atoms with E-state index in [-0.39, 0.29) is 18.2 Å². The van der Waals surface area contributed by atoms with Crippen molar-refractivity contribution >= 4 is 11.9 Å². The number of aliphatic carboxylic acids is 1. The second-order valence-corrected chi connectivity index (χ2v) is 6.17. The summed E-state index contributed by atoms with van der Waals surface area (Å²) in [6.07, 6.45) is 2.57. The smallest absolute Gasteiger partial charge is 0.310 e. The Kier molecular flexibility index (Phi) is 4.77. The van der Waals surface area contributed by atoms with Crippen LogP contribution in [0, 0.1) is 23.2 Å². The minimum absolute atomic E-state index is 0.0530. The molecule has 104 valence electrons. The SMILES string of the molecule is CC(CNC(=O)CC(C)(C(=O)O)C(C)C)C1CC1. The molecular weight excluding hydrogens is 230 g/mol. The van der Waals surface area contributed by atoms with E-state index in [0.29, 0.717) is 12.5 Å². The third kappa shape index (κ3) is 3.72. The molecule has 0 aromatic carbocycles. The highest BCUT2D eigenvalue weighted by atomic mass is 16.4. The molecule has 1 rings (SSSR count). The molecule has 0 bridgehead atoms. The molecule has 0 heterocycles. The lowest BCUT2D eigenvalue weighted by Gasteiger charge is -2.28. The number of rotatable bonds is 7. The summed E-state index contributed by atoms with van der Waals surface area (Å²) in [5.74, 6) is 0.135. The van der Waals surface area contributed by atoms with E-state index < -0.39 is 11.4 Å². The number of hydrogen-bond donors (Lipinski definition) is 2. The van der Waals surface area contributed by atoms with Crippen molar-refractivity contribution in [2.45, 2.75) is 47.0 Å². The molecule has 2 N–H and O–H groups in total. The predicted molar refractivity (Wildman–Crippen MR) is 70.1 cm³/mol. The molecule has 1 aliphatic rings. The van der Waals surface area contributed by atoms with E-state index in [4.69, 9.17) is 0 Å². The maximum absolute atomic E-state index is 11.8. The molecule has 18 heavy (non-hydrogen) atoms. The third-order valence-corrected chi connectivity index (χ3v) is 4.34.